The number of hydrogen-bond acceptors (Lipinski definition) is 5. The summed E-state index contributed by atoms with van der Waals surface area (Å²) in [6, 6.07) is 6.92. The summed E-state index contributed by atoms with van der Waals surface area (Å²) in [5.74, 6) is 0.572. The Morgan fingerprint density at radius 3 is 2.71 bits per heavy atom. The lowest BCUT2D eigenvalue weighted by atomic mass is 9.85. The van der Waals surface area contributed by atoms with Gasteiger partial charge in [0.25, 0.3) is 0 Å². The van der Waals surface area contributed by atoms with Gasteiger partial charge in [-0.25, -0.2) is 8.42 Å². The molecule has 5 nitrogen and oxygen atoms in total. The van der Waals surface area contributed by atoms with E-state index < -0.39 is 9.84 Å². The molecule has 0 saturated heterocycles. The number of benzene rings is 1. The minimum absolute atomic E-state index is 0.0110. The van der Waals surface area contributed by atoms with Crippen molar-refractivity contribution in [2.45, 2.75) is 43.4 Å². The topological polar surface area (TPSA) is 64.6 Å². The zero-order chi connectivity index (χ0) is 15.5. The largest absolute Gasteiger partial charge is 0.488 e. The lowest BCUT2D eigenvalue weighted by molar-refractivity contribution is -0.104. The van der Waals surface area contributed by atoms with Crippen LogP contribution in [0, 0.1) is 0 Å². The highest BCUT2D eigenvalue weighted by atomic mass is 32.2. The van der Waals surface area contributed by atoms with Crippen LogP contribution in [-0.2, 0) is 14.6 Å². The summed E-state index contributed by atoms with van der Waals surface area (Å²) in [7, 11) is -3.22. The zero-order valence-electron chi connectivity index (χ0n) is 12.7. The second-order valence-electron chi connectivity index (χ2n) is 5.22. The van der Waals surface area contributed by atoms with Gasteiger partial charge in [0.1, 0.15) is 18.0 Å². The minimum Gasteiger partial charge on any atom is -0.488 e. The van der Waals surface area contributed by atoms with E-state index in [0.717, 1.165) is 13.0 Å². The quantitative estimate of drug-likeness (QED) is 0.829. The highest BCUT2D eigenvalue weighted by molar-refractivity contribution is 7.90. The zero-order valence-corrected chi connectivity index (χ0v) is 13.5. The number of likely N-dealkylation sites (N-methyl/N-ethyl adjacent to an activating group) is 1. The third-order valence-corrected chi connectivity index (χ3v) is 4.71. The molecule has 6 heteroatoms. The second-order valence-corrected chi connectivity index (χ2v) is 7.24. The molecule has 0 spiro atoms. The van der Waals surface area contributed by atoms with Gasteiger partial charge < -0.3 is 14.8 Å². The van der Waals surface area contributed by atoms with Gasteiger partial charge >= 0.3 is 0 Å². The van der Waals surface area contributed by atoms with Gasteiger partial charge in [0.05, 0.1) is 4.90 Å². The van der Waals surface area contributed by atoms with E-state index in [-0.39, 0.29) is 17.1 Å². The molecule has 0 bridgehead atoms. The van der Waals surface area contributed by atoms with Gasteiger partial charge in [0.15, 0.2) is 9.84 Å². The summed E-state index contributed by atoms with van der Waals surface area (Å²) in [4.78, 5) is 0.274. The van der Waals surface area contributed by atoms with Crippen molar-refractivity contribution >= 4 is 9.84 Å². The molecule has 1 saturated carbocycles. The van der Waals surface area contributed by atoms with Crippen molar-refractivity contribution in [3.05, 3.63) is 24.3 Å². The van der Waals surface area contributed by atoms with Gasteiger partial charge in [-0.2, -0.15) is 0 Å². The van der Waals surface area contributed by atoms with Gasteiger partial charge in [0, 0.05) is 25.3 Å². The summed E-state index contributed by atoms with van der Waals surface area (Å²) in [6.45, 7) is 5.55. The minimum atomic E-state index is -3.22. The van der Waals surface area contributed by atoms with Crippen LogP contribution in [0.4, 0.5) is 0 Å². The maximum absolute atomic E-state index is 11.6. The number of rotatable bonds is 7. The molecule has 1 N–H and O–H groups in total. The van der Waals surface area contributed by atoms with E-state index in [4.69, 9.17) is 9.47 Å². The Labute approximate surface area is 126 Å². The molecule has 0 amide bonds. The SMILES string of the molecule is CCNC1CC(Oc2cccc(S(C)(=O)=O)c2)C1OCC. The molecule has 1 aromatic carbocycles. The number of sulfone groups is 1. The second kappa shape index (κ2) is 6.77. The normalized spacial score (nSPS) is 25.4. The molecule has 118 valence electrons. The molecule has 0 heterocycles. The van der Waals surface area contributed by atoms with E-state index in [0.29, 0.717) is 18.4 Å². The van der Waals surface area contributed by atoms with Crippen molar-refractivity contribution in [3.8, 4) is 5.75 Å². The summed E-state index contributed by atoms with van der Waals surface area (Å²) in [5.41, 5.74) is 0. The number of nitrogens with one attached hydrogen (secondary N) is 1. The third-order valence-electron chi connectivity index (χ3n) is 3.60. The summed E-state index contributed by atoms with van der Waals surface area (Å²) >= 11 is 0. The van der Waals surface area contributed by atoms with E-state index >= 15 is 0 Å². The van der Waals surface area contributed by atoms with Crippen molar-refractivity contribution < 1.29 is 17.9 Å². The third kappa shape index (κ3) is 3.96. The molecule has 3 atom stereocenters. The fourth-order valence-corrected chi connectivity index (χ4v) is 3.18. The maximum atomic E-state index is 11.6. The van der Waals surface area contributed by atoms with Crippen LogP contribution in [0.15, 0.2) is 29.2 Å². The first-order valence-corrected chi connectivity index (χ1v) is 9.16. The lowest BCUT2D eigenvalue weighted by Crippen LogP contribution is -2.61. The molecule has 3 unspecified atom stereocenters. The first-order chi connectivity index (χ1) is 9.95. The van der Waals surface area contributed by atoms with Crippen molar-refractivity contribution in [2.75, 3.05) is 19.4 Å². The Kier molecular flexibility index (Phi) is 5.24. The molecule has 2 rings (SSSR count). The van der Waals surface area contributed by atoms with Gasteiger partial charge in [-0.1, -0.05) is 13.0 Å². The van der Waals surface area contributed by atoms with Gasteiger partial charge in [-0.15, -0.1) is 0 Å². The Morgan fingerprint density at radius 2 is 2.10 bits per heavy atom. The monoisotopic (exact) mass is 313 g/mol. The van der Waals surface area contributed by atoms with Crippen LogP contribution in [0.5, 0.6) is 5.75 Å². The summed E-state index contributed by atoms with van der Waals surface area (Å²) < 4.78 is 34.8. The Hall–Kier alpha value is -1.11. The fraction of sp³-hybridized carbons (Fsp3) is 0.600. The van der Waals surface area contributed by atoms with Gasteiger partial charge in [-0.3, -0.25) is 0 Å². The molecule has 0 aliphatic heterocycles. The van der Waals surface area contributed by atoms with Crippen LogP contribution >= 0.6 is 0 Å². The van der Waals surface area contributed by atoms with Crippen molar-refractivity contribution in [2.24, 2.45) is 0 Å². The average Bonchev–Trinajstić information content (AvgIpc) is 2.43. The van der Waals surface area contributed by atoms with Crippen LogP contribution in [-0.4, -0.2) is 46.1 Å². The van der Waals surface area contributed by atoms with E-state index in [1.807, 2.05) is 6.92 Å². The molecule has 0 radical (unpaired) electrons. The van der Waals surface area contributed by atoms with E-state index in [1.54, 1.807) is 24.3 Å². The molecule has 1 aliphatic rings. The molecule has 0 aromatic heterocycles. The fourth-order valence-electron chi connectivity index (χ4n) is 2.53. The van der Waals surface area contributed by atoms with Crippen molar-refractivity contribution in [1.29, 1.82) is 0 Å². The predicted octanol–water partition coefficient (Wildman–Crippen LogP) is 1.62. The van der Waals surface area contributed by atoms with E-state index in [2.05, 4.69) is 12.2 Å². The standard InChI is InChI=1S/C15H23NO4S/c1-4-16-13-10-14(15(13)19-5-2)20-11-7-6-8-12(9-11)21(3,17)18/h6-9,13-16H,4-5,10H2,1-3H3. The van der Waals surface area contributed by atoms with Crippen LogP contribution < -0.4 is 10.1 Å². The number of ether oxygens (including phenoxy) is 2. The highest BCUT2D eigenvalue weighted by Gasteiger charge is 2.43. The van der Waals surface area contributed by atoms with Crippen LogP contribution in [0.3, 0.4) is 0 Å². The average molecular weight is 313 g/mol. The molecular formula is C15H23NO4S. The summed E-state index contributed by atoms with van der Waals surface area (Å²) in [6.07, 6.45) is 2.03. The Bertz CT molecular complexity index is 573. The predicted molar refractivity (Wildman–Crippen MR) is 81.5 cm³/mol. The molecule has 21 heavy (non-hydrogen) atoms. The smallest absolute Gasteiger partial charge is 0.175 e. The van der Waals surface area contributed by atoms with Crippen molar-refractivity contribution in [3.63, 3.8) is 0 Å². The molecular weight excluding hydrogens is 290 g/mol. The lowest BCUT2D eigenvalue weighted by Gasteiger charge is -2.44. The van der Waals surface area contributed by atoms with Crippen LogP contribution in [0.1, 0.15) is 20.3 Å². The molecule has 1 aromatic rings. The molecule has 1 aliphatic carbocycles. The highest BCUT2D eigenvalue weighted by Crippen LogP contribution is 2.30. The number of hydrogen-bond donors (Lipinski definition) is 1. The van der Waals surface area contributed by atoms with Crippen LogP contribution in [0.25, 0.3) is 0 Å². The van der Waals surface area contributed by atoms with Gasteiger partial charge in [0.2, 0.25) is 0 Å². The van der Waals surface area contributed by atoms with Gasteiger partial charge in [-0.05, 0) is 31.7 Å². The molecule has 1 fully saturated rings. The van der Waals surface area contributed by atoms with Crippen molar-refractivity contribution in [1.82, 2.24) is 5.32 Å². The summed E-state index contributed by atoms with van der Waals surface area (Å²) in [5, 5.41) is 3.37. The van der Waals surface area contributed by atoms with E-state index in [9.17, 15) is 8.42 Å². The Balaban J connectivity index is 2.05. The first-order valence-electron chi connectivity index (χ1n) is 7.27. The van der Waals surface area contributed by atoms with Crippen LogP contribution in [0.2, 0.25) is 0 Å². The Morgan fingerprint density at radius 1 is 1.33 bits per heavy atom. The first kappa shape index (κ1) is 16.3. The van der Waals surface area contributed by atoms with E-state index in [1.165, 1.54) is 6.26 Å². The maximum Gasteiger partial charge on any atom is 0.175 e.